The molecule has 0 aliphatic carbocycles. The molecule has 1 unspecified atom stereocenters. The lowest BCUT2D eigenvalue weighted by Crippen LogP contribution is -2.38. The summed E-state index contributed by atoms with van der Waals surface area (Å²) in [5.41, 5.74) is 0.753. The minimum absolute atomic E-state index is 0.0841. The van der Waals surface area contributed by atoms with Gasteiger partial charge >= 0.3 is 5.97 Å². The molecular weight excluding hydrogens is 256 g/mol. The number of carboxylic acid groups (broad SMARTS) is 1. The van der Waals surface area contributed by atoms with Crippen molar-refractivity contribution in [3.8, 4) is 0 Å². The summed E-state index contributed by atoms with van der Waals surface area (Å²) in [5, 5.41) is 22.8. The number of nitrogens with zero attached hydrogens (tertiary/aromatic N) is 1. The first-order valence-corrected chi connectivity index (χ1v) is 6.51. The van der Waals surface area contributed by atoms with Crippen LogP contribution >= 0.6 is 0 Å². The fraction of sp³-hybridized carbons (Fsp3) is 0.333. The first-order valence-electron chi connectivity index (χ1n) is 6.51. The molecule has 1 aromatic heterocycles. The summed E-state index contributed by atoms with van der Waals surface area (Å²) in [7, 11) is 0. The van der Waals surface area contributed by atoms with Gasteiger partial charge in [-0.2, -0.15) is 0 Å². The van der Waals surface area contributed by atoms with E-state index in [0.29, 0.717) is 12.1 Å². The number of carbonyl (C=O) groups is 1. The summed E-state index contributed by atoms with van der Waals surface area (Å²) in [6.45, 7) is 3.71. The first kappa shape index (κ1) is 14.3. The molecule has 1 heterocycles. The molecule has 1 aromatic carbocycles. The molecule has 0 aliphatic rings. The number of para-hydroxylation sites is 1. The van der Waals surface area contributed by atoms with E-state index in [1.807, 2.05) is 38.1 Å². The number of aromatic carboxylic acids is 1. The number of nitrogens with one attached hydrogen (secondary N) is 1. The van der Waals surface area contributed by atoms with Crippen LogP contribution in [0.25, 0.3) is 10.9 Å². The summed E-state index contributed by atoms with van der Waals surface area (Å²) < 4.78 is 0. The number of benzene rings is 1. The van der Waals surface area contributed by atoms with E-state index in [-0.39, 0.29) is 12.2 Å². The van der Waals surface area contributed by atoms with Gasteiger partial charge in [-0.05, 0) is 19.4 Å². The molecule has 0 saturated carbocycles. The average Bonchev–Trinajstić information content (AvgIpc) is 2.47. The van der Waals surface area contributed by atoms with Crippen LogP contribution in [0.5, 0.6) is 0 Å². The van der Waals surface area contributed by atoms with Crippen LogP contribution in [0.15, 0.2) is 30.5 Å². The van der Waals surface area contributed by atoms with E-state index in [1.54, 1.807) is 0 Å². The number of anilines is 1. The third-order valence-electron chi connectivity index (χ3n) is 3.56. The van der Waals surface area contributed by atoms with Crippen molar-refractivity contribution in [3.05, 3.63) is 36.0 Å². The van der Waals surface area contributed by atoms with Gasteiger partial charge in [-0.3, -0.25) is 4.98 Å². The Hall–Kier alpha value is -2.14. The summed E-state index contributed by atoms with van der Waals surface area (Å²) in [4.78, 5) is 15.5. The molecule has 0 fully saturated rings. The van der Waals surface area contributed by atoms with Crippen LogP contribution in [-0.2, 0) is 0 Å². The monoisotopic (exact) mass is 274 g/mol. The zero-order valence-electron chi connectivity index (χ0n) is 11.6. The fourth-order valence-corrected chi connectivity index (χ4v) is 1.98. The second-order valence-electron chi connectivity index (χ2n) is 5.07. The summed E-state index contributed by atoms with van der Waals surface area (Å²) in [6.07, 6.45) is 2.01. The Morgan fingerprint density at radius 3 is 2.70 bits per heavy atom. The summed E-state index contributed by atoms with van der Waals surface area (Å²) in [6, 6.07) is 7.34. The molecule has 20 heavy (non-hydrogen) atoms. The van der Waals surface area contributed by atoms with Gasteiger partial charge in [0, 0.05) is 11.6 Å². The highest BCUT2D eigenvalue weighted by atomic mass is 16.4. The zero-order chi connectivity index (χ0) is 14.8. The Bertz CT molecular complexity index is 636. The van der Waals surface area contributed by atoms with E-state index in [0.717, 1.165) is 10.9 Å². The highest BCUT2D eigenvalue weighted by Crippen LogP contribution is 2.29. The van der Waals surface area contributed by atoms with E-state index < -0.39 is 11.5 Å². The van der Waals surface area contributed by atoms with Crippen molar-refractivity contribution >= 4 is 22.6 Å². The topological polar surface area (TPSA) is 82.5 Å². The van der Waals surface area contributed by atoms with Gasteiger partial charge < -0.3 is 15.5 Å². The molecule has 2 rings (SSSR count). The number of hydrogen-bond donors (Lipinski definition) is 3. The molecule has 0 spiro atoms. The molecule has 5 nitrogen and oxygen atoms in total. The molecule has 0 radical (unpaired) electrons. The number of fused-ring (bicyclic) bond motifs is 1. The van der Waals surface area contributed by atoms with Gasteiger partial charge in [0.1, 0.15) is 5.56 Å². The van der Waals surface area contributed by atoms with E-state index in [9.17, 15) is 15.0 Å². The van der Waals surface area contributed by atoms with Gasteiger partial charge in [-0.1, -0.05) is 25.1 Å². The van der Waals surface area contributed by atoms with E-state index in [4.69, 9.17) is 0 Å². The third-order valence-corrected chi connectivity index (χ3v) is 3.56. The zero-order valence-corrected chi connectivity index (χ0v) is 11.6. The minimum Gasteiger partial charge on any atom is -0.478 e. The highest BCUT2D eigenvalue weighted by Gasteiger charge is 2.24. The quantitative estimate of drug-likeness (QED) is 0.780. The summed E-state index contributed by atoms with van der Waals surface area (Å²) >= 11 is 0. The first-order chi connectivity index (χ1) is 9.50. The number of aliphatic hydroxyl groups excluding tert-OH is 1. The average molecular weight is 274 g/mol. The lowest BCUT2D eigenvalue weighted by molar-refractivity contribution is 0.0697. The van der Waals surface area contributed by atoms with Crippen LogP contribution in [-0.4, -0.2) is 33.3 Å². The summed E-state index contributed by atoms with van der Waals surface area (Å²) in [5.74, 6) is -1.04. The van der Waals surface area contributed by atoms with E-state index in [2.05, 4.69) is 10.3 Å². The number of carboxylic acids is 1. The second kappa shape index (κ2) is 5.46. The van der Waals surface area contributed by atoms with Gasteiger partial charge in [0.05, 0.1) is 23.3 Å². The van der Waals surface area contributed by atoms with Crippen LogP contribution in [0, 0.1) is 0 Å². The maximum atomic E-state index is 11.4. The van der Waals surface area contributed by atoms with Gasteiger partial charge in [-0.25, -0.2) is 4.79 Å². The molecule has 3 N–H and O–H groups in total. The number of rotatable bonds is 5. The van der Waals surface area contributed by atoms with Crippen molar-refractivity contribution < 1.29 is 15.0 Å². The van der Waals surface area contributed by atoms with Crippen molar-refractivity contribution in [2.24, 2.45) is 0 Å². The van der Waals surface area contributed by atoms with Crippen molar-refractivity contribution in [1.82, 2.24) is 4.98 Å². The van der Waals surface area contributed by atoms with Gasteiger partial charge in [0.25, 0.3) is 0 Å². The Morgan fingerprint density at radius 1 is 1.40 bits per heavy atom. The van der Waals surface area contributed by atoms with E-state index in [1.165, 1.54) is 6.20 Å². The van der Waals surface area contributed by atoms with Crippen LogP contribution in [0.3, 0.4) is 0 Å². The molecule has 5 heteroatoms. The number of hydrogen-bond acceptors (Lipinski definition) is 4. The molecule has 0 amide bonds. The van der Waals surface area contributed by atoms with Crippen molar-refractivity contribution in [2.45, 2.75) is 25.8 Å². The van der Waals surface area contributed by atoms with Gasteiger partial charge in [0.15, 0.2) is 0 Å². The predicted molar refractivity (Wildman–Crippen MR) is 78.1 cm³/mol. The standard InChI is InChI=1S/C15H18N2O3/c1-3-15(2,9-18)17-13-10-6-4-5-7-12(10)16-8-11(13)14(19)20/h4-8,18H,3,9H2,1-2H3,(H,16,17)(H,19,20). The highest BCUT2D eigenvalue weighted by molar-refractivity contribution is 6.04. The van der Waals surface area contributed by atoms with Crippen LogP contribution in [0.1, 0.15) is 30.6 Å². The van der Waals surface area contributed by atoms with Gasteiger partial charge in [-0.15, -0.1) is 0 Å². The second-order valence-corrected chi connectivity index (χ2v) is 5.07. The Morgan fingerprint density at radius 2 is 2.10 bits per heavy atom. The number of aliphatic hydroxyl groups is 1. The normalized spacial score (nSPS) is 13.9. The molecule has 0 aliphatic heterocycles. The Labute approximate surface area is 117 Å². The molecule has 0 bridgehead atoms. The van der Waals surface area contributed by atoms with Crippen LogP contribution < -0.4 is 5.32 Å². The predicted octanol–water partition coefficient (Wildman–Crippen LogP) is 2.51. The van der Waals surface area contributed by atoms with Crippen molar-refractivity contribution in [3.63, 3.8) is 0 Å². The molecule has 106 valence electrons. The molecule has 2 aromatic rings. The molecule has 1 atom stereocenters. The smallest absolute Gasteiger partial charge is 0.339 e. The number of aromatic nitrogens is 1. The van der Waals surface area contributed by atoms with Crippen molar-refractivity contribution in [1.29, 1.82) is 0 Å². The van der Waals surface area contributed by atoms with Gasteiger partial charge in [0.2, 0.25) is 0 Å². The van der Waals surface area contributed by atoms with Crippen LogP contribution in [0.4, 0.5) is 5.69 Å². The minimum atomic E-state index is -1.04. The van der Waals surface area contributed by atoms with Crippen LogP contribution in [0.2, 0.25) is 0 Å². The molecule has 0 saturated heterocycles. The van der Waals surface area contributed by atoms with Crippen molar-refractivity contribution in [2.75, 3.05) is 11.9 Å². The number of pyridine rings is 1. The lowest BCUT2D eigenvalue weighted by atomic mass is 9.98. The third kappa shape index (κ3) is 2.58. The molecular formula is C15H18N2O3. The Kier molecular flexibility index (Phi) is 3.90. The fourth-order valence-electron chi connectivity index (χ4n) is 1.98. The Balaban J connectivity index is 2.64. The lowest BCUT2D eigenvalue weighted by Gasteiger charge is -2.29. The maximum Gasteiger partial charge on any atom is 0.339 e. The SMILES string of the molecule is CCC(C)(CO)Nc1c(C(=O)O)cnc2ccccc12. The van der Waals surface area contributed by atoms with E-state index >= 15 is 0 Å². The maximum absolute atomic E-state index is 11.4. The largest absolute Gasteiger partial charge is 0.478 e.